The van der Waals surface area contributed by atoms with Gasteiger partial charge in [-0.1, -0.05) is 49.2 Å². The Bertz CT molecular complexity index is 1040. The number of carbonyl (C=O) groups excluding carboxylic acids is 2. The number of nitrogens with zero attached hydrogens (tertiary/aromatic N) is 1. The SMILES string of the molecule is Cc1ccc(F)cc1C1CNC(=O)CC12CCN(C(=O)C1(c3ccccc3)CCCC1)CC2. The third kappa shape index (κ3) is 3.85. The van der Waals surface area contributed by atoms with Crippen LogP contribution in [0.4, 0.5) is 4.39 Å². The van der Waals surface area contributed by atoms with E-state index < -0.39 is 5.41 Å². The van der Waals surface area contributed by atoms with Crippen LogP contribution in [0.25, 0.3) is 0 Å². The molecule has 1 spiro atoms. The van der Waals surface area contributed by atoms with Crippen molar-refractivity contribution in [1.29, 1.82) is 0 Å². The zero-order valence-electron chi connectivity index (χ0n) is 19.4. The number of piperidine rings is 2. The van der Waals surface area contributed by atoms with Gasteiger partial charge in [0, 0.05) is 32.0 Å². The number of halogens is 1. The van der Waals surface area contributed by atoms with Gasteiger partial charge in [0.2, 0.25) is 11.8 Å². The molecule has 2 aromatic carbocycles. The molecule has 5 heteroatoms. The molecule has 4 nitrogen and oxygen atoms in total. The Labute approximate surface area is 195 Å². The molecular formula is C28H33FN2O2. The van der Waals surface area contributed by atoms with Crippen LogP contribution in [0.1, 0.15) is 67.6 Å². The topological polar surface area (TPSA) is 49.4 Å². The quantitative estimate of drug-likeness (QED) is 0.729. The number of rotatable bonds is 3. The monoisotopic (exact) mass is 448 g/mol. The van der Waals surface area contributed by atoms with Gasteiger partial charge in [-0.3, -0.25) is 9.59 Å². The number of benzene rings is 2. The minimum absolute atomic E-state index is 0.0663. The van der Waals surface area contributed by atoms with Crippen LogP contribution >= 0.6 is 0 Å². The molecule has 1 aliphatic carbocycles. The van der Waals surface area contributed by atoms with Crippen molar-refractivity contribution in [1.82, 2.24) is 10.2 Å². The van der Waals surface area contributed by atoms with Crippen LogP contribution in [0.5, 0.6) is 0 Å². The Balaban J connectivity index is 1.40. The molecule has 1 unspecified atom stereocenters. The van der Waals surface area contributed by atoms with Gasteiger partial charge in [0.1, 0.15) is 5.82 Å². The van der Waals surface area contributed by atoms with Crippen molar-refractivity contribution in [3.05, 3.63) is 71.0 Å². The Morgan fingerprint density at radius 3 is 2.42 bits per heavy atom. The van der Waals surface area contributed by atoms with Gasteiger partial charge < -0.3 is 10.2 Å². The van der Waals surface area contributed by atoms with Crippen molar-refractivity contribution >= 4 is 11.8 Å². The molecule has 2 heterocycles. The summed E-state index contributed by atoms with van der Waals surface area (Å²) in [7, 11) is 0. The third-order valence-electron chi connectivity index (χ3n) is 8.61. The Morgan fingerprint density at radius 1 is 1.03 bits per heavy atom. The van der Waals surface area contributed by atoms with Crippen LogP contribution < -0.4 is 5.32 Å². The van der Waals surface area contributed by atoms with Crippen molar-refractivity contribution in [2.45, 2.75) is 63.2 Å². The van der Waals surface area contributed by atoms with Gasteiger partial charge in [-0.15, -0.1) is 0 Å². The highest BCUT2D eigenvalue weighted by Crippen LogP contribution is 2.51. The number of amides is 2. The second-order valence-corrected chi connectivity index (χ2v) is 10.3. The van der Waals surface area contributed by atoms with Gasteiger partial charge >= 0.3 is 0 Å². The summed E-state index contributed by atoms with van der Waals surface area (Å²) >= 11 is 0. The Morgan fingerprint density at radius 2 is 1.73 bits per heavy atom. The van der Waals surface area contributed by atoms with Crippen LogP contribution in [-0.2, 0) is 15.0 Å². The standard InChI is InChI=1S/C28H33FN2O2/c1-20-9-10-22(29)17-23(20)24-19-30-25(32)18-27(24)13-15-31(16-14-27)26(33)28(11-5-6-12-28)21-7-3-2-4-8-21/h2-4,7-10,17,24H,5-6,11-16,18-19H2,1H3,(H,30,32). The molecule has 5 rings (SSSR count). The van der Waals surface area contributed by atoms with E-state index in [0.717, 1.165) is 55.2 Å². The fourth-order valence-corrected chi connectivity index (χ4v) is 6.71. The lowest BCUT2D eigenvalue weighted by Gasteiger charge is -2.50. The average molecular weight is 449 g/mol. The molecule has 0 aromatic heterocycles. The normalized spacial score (nSPS) is 24.0. The molecule has 2 saturated heterocycles. The van der Waals surface area contributed by atoms with E-state index in [1.165, 1.54) is 6.07 Å². The Kier molecular flexibility index (Phi) is 5.75. The number of aryl methyl sites for hydroxylation is 1. The van der Waals surface area contributed by atoms with Crippen LogP contribution in [-0.4, -0.2) is 36.3 Å². The molecule has 2 aliphatic heterocycles. The molecule has 1 atom stereocenters. The first-order chi connectivity index (χ1) is 15.9. The van der Waals surface area contributed by atoms with Gasteiger partial charge in [0.05, 0.1) is 5.41 Å². The van der Waals surface area contributed by atoms with E-state index in [1.54, 1.807) is 6.07 Å². The summed E-state index contributed by atoms with van der Waals surface area (Å²) in [5.74, 6) is 0.149. The molecule has 1 saturated carbocycles. The zero-order chi connectivity index (χ0) is 23.1. The fraction of sp³-hybridized carbons (Fsp3) is 0.500. The van der Waals surface area contributed by atoms with E-state index in [-0.39, 0.29) is 29.0 Å². The lowest BCUT2D eigenvalue weighted by Crippen LogP contribution is -2.55. The highest BCUT2D eigenvalue weighted by molar-refractivity contribution is 5.89. The maximum atomic E-state index is 14.1. The first kappa shape index (κ1) is 22.1. The predicted molar refractivity (Wildman–Crippen MR) is 126 cm³/mol. The summed E-state index contributed by atoms with van der Waals surface area (Å²) in [5.41, 5.74) is 2.55. The predicted octanol–water partition coefficient (Wildman–Crippen LogP) is 4.86. The van der Waals surface area contributed by atoms with Crippen molar-refractivity contribution in [3.63, 3.8) is 0 Å². The van der Waals surface area contributed by atoms with E-state index in [1.807, 2.05) is 36.1 Å². The van der Waals surface area contributed by atoms with Crippen molar-refractivity contribution in [2.75, 3.05) is 19.6 Å². The molecule has 0 bridgehead atoms. The lowest BCUT2D eigenvalue weighted by molar-refractivity contribution is -0.141. The zero-order valence-corrected chi connectivity index (χ0v) is 19.4. The van der Waals surface area contributed by atoms with Crippen LogP contribution in [0, 0.1) is 18.2 Å². The average Bonchev–Trinajstić information content (AvgIpc) is 3.33. The second kappa shape index (κ2) is 8.58. The molecule has 3 fully saturated rings. The molecule has 3 aliphatic rings. The van der Waals surface area contributed by atoms with Crippen LogP contribution in [0.15, 0.2) is 48.5 Å². The number of likely N-dealkylation sites (tertiary alicyclic amines) is 1. The summed E-state index contributed by atoms with van der Waals surface area (Å²) in [5, 5.41) is 3.01. The summed E-state index contributed by atoms with van der Waals surface area (Å²) in [4.78, 5) is 28.4. The first-order valence-corrected chi connectivity index (χ1v) is 12.3. The smallest absolute Gasteiger partial charge is 0.233 e. The molecular weight excluding hydrogens is 415 g/mol. The molecule has 174 valence electrons. The summed E-state index contributed by atoms with van der Waals surface area (Å²) < 4.78 is 14.1. The number of hydrogen-bond donors (Lipinski definition) is 1. The van der Waals surface area contributed by atoms with Gasteiger partial charge in [0.15, 0.2) is 0 Å². The number of hydrogen-bond acceptors (Lipinski definition) is 2. The van der Waals surface area contributed by atoms with Crippen molar-refractivity contribution in [2.24, 2.45) is 5.41 Å². The maximum Gasteiger partial charge on any atom is 0.233 e. The van der Waals surface area contributed by atoms with E-state index in [0.29, 0.717) is 26.1 Å². The Hall–Kier alpha value is -2.69. The second-order valence-electron chi connectivity index (χ2n) is 10.3. The molecule has 2 amide bonds. The van der Waals surface area contributed by atoms with Crippen LogP contribution in [0.3, 0.4) is 0 Å². The summed E-state index contributed by atoms with van der Waals surface area (Å²) in [6, 6.07) is 15.2. The van der Waals surface area contributed by atoms with Gasteiger partial charge in [0.25, 0.3) is 0 Å². The van der Waals surface area contributed by atoms with Gasteiger partial charge in [-0.25, -0.2) is 4.39 Å². The van der Waals surface area contributed by atoms with E-state index >= 15 is 0 Å². The highest BCUT2D eigenvalue weighted by Gasteiger charge is 2.50. The van der Waals surface area contributed by atoms with E-state index in [4.69, 9.17) is 0 Å². The van der Waals surface area contributed by atoms with Gasteiger partial charge in [-0.2, -0.15) is 0 Å². The highest BCUT2D eigenvalue weighted by atomic mass is 19.1. The number of carbonyl (C=O) groups is 2. The minimum Gasteiger partial charge on any atom is -0.355 e. The fourth-order valence-electron chi connectivity index (χ4n) is 6.71. The summed E-state index contributed by atoms with van der Waals surface area (Å²) in [6.45, 7) is 3.86. The first-order valence-electron chi connectivity index (χ1n) is 12.3. The lowest BCUT2D eigenvalue weighted by atomic mass is 9.61. The molecule has 2 aromatic rings. The van der Waals surface area contributed by atoms with Crippen molar-refractivity contribution < 1.29 is 14.0 Å². The molecule has 1 N–H and O–H groups in total. The molecule has 33 heavy (non-hydrogen) atoms. The van der Waals surface area contributed by atoms with E-state index in [2.05, 4.69) is 17.4 Å². The largest absolute Gasteiger partial charge is 0.355 e. The molecule has 0 radical (unpaired) electrons. The third-order valence-corrected chi connectivity index (χ3v) is 8.61. The van der Waals surface area contributed by atoms with Gasteiger partial charge in [-0.05, 0) is 66.8 Å². The number of nitrogens with one attached hydrogen (secondary N) is 1. The van der Waals surface area contributed by atoms with Crippen molar-refractivity contribution in [3.8, 4) is 0 Å². The van der Waals surface area contributed by atoms with Crippen LogP contribution in [0.2, 0.25) is 0 Å². The maximum absolute atomic E-state index is 14.1. The minimum atomic E-state index is -0.408. The van der Waals surface area contributed by atoms with E-state index in [9.17, 15) is 14.0 Å². The summed E-state index contributed by atoms with van der Waals surface area (Å²) in [6.07, 6.45) is 5.98.